The smallest absolute Gasteiger partial charge is 0.150 e. The van der Waals surface area contributed by atoms with E-state index in [0.29, 0.717) is 5.92 Å². The lowest BCUT2D eigenvalue weighted by Gasteiger charge is -2.36. The van der Waals surface area contributed by atoms with E-state index in [-0.39, 0.29) is 10.8 Å². The Bertz CT molecular complexity index is 404. The van der Waals surface area contributed by atoms with Gasteiger partial charge in [0, 0.05) is 5.56 Å². The first kappa shape index (κ1) is 14.9. The molecule has 100 valence electrons. The van der Waals surface area contributed by atoms with Crippen LogP contribution < -0.4 is 0 Å². The first-order valence-electron chi connectivity index (χ1n) is 6.68. The van der Waals surface area contributed by atoms with Crippen LogP contribution in [0.1, 0.15) is 69.8 Å². The molecule has 0 aliphatic carbocycles. The molecule has 1 unspecified atom stereocenters. The highest BCUT2D eigenvalue weighted by Crippen LogP contribution is 2.43. The highest BCUT2D eigenvalue weighted by molar-refractivity contribution is 5.75. The summed E-state index contributed by atoms with van der Waals surface area (Å²) < 4.78 is 0. The first-order valence-corrected chi connectivity index (χ1v) is 6.68. The highest BCUT2D eigenvalue weighted by atomic mass is 16.1. The van der Waals surface area contributed by atoms with Gasteiger partial charge < -0.3 is 0 Å². The molecule has 0 saturated heterocycles. The molecular formula is C17H26O. The summed E-state index contributed by atoms with van der Waals surface area (Å²) in [7, 11) is 0. The van der Waals surface area contributed by atoms with Crippen molar-refractivity contribution in [3.63, 3.8) is 0 Å². The van der Waals surface area contributed by atoms with Crippen LogP contribution in [0.15, 0.2) is 24.3 Å². The number of hydrogen-bond donors (Lipinski definition) is 0. The summed E-state index contributed by atoms with van der Waals surface area (Å²) in [4.78, 5) is 10.9. The molecule has 0 bridgehead atoms. The van der Waals surface area contributed by atoms with Crippen molar-refractivity contribution in [2.24, 2.45) is 10.8 Å². The third-order valence-electron chi connectivity index (χ3n) is 3.31. The van der Waals surface area contributed by atoms with Gasteiger partial charge in [-0.05, 0) is 34.8 Å². The van der Waals surface area contributed by atoms with Gasteiger partial charge in [-0.2, -0.15) is 0 Å². The molecule has 1 aromatic rings. The minimum absolute atomic E-state index is 0.203. The van der Waals surface area contributed by atoms with Crippen molar-refractivity contribution in [2.45, 2.75) is 53.9 Å². The molecule has 1 nitrogen and oxygen atoms in total. The molecule has 0 amide bonds. The highest BCUT2D eigenvalue weighted by Gasteiger charge is 2.30. The molecule has 0 saturated carbocycles. The van der Waals surface area contributed by atoms with Crippen LogP contribution in [0.5, 0.6) is 0 Å². The molecule has 0 aromatic heterocycles. The number of hydrogen-bond acceptors (Lipinski definition) is 1. The summed E-state index contributed by atoms with van der Waals surface area (Å²) >= 11 is 0. The maximum atomic E-state index is 10.9. The van der Waals surface area contributed by atoms with Crippen LogP contribution in [-0.4, -0.2) is 6.29 Å². The van der Waals surface area contributed by atoms with E-state index in [1.165, 1.54) is 5.56 Å². The maximum Gasteiger partial charge on any atom is 0.150 e. The van der Waals surface area contributed by atoms with Gasteiger partial charge in [-0.25, -0.2) is 0 Å². The molecule has 0 aliphatic rings. The zero-order chi connectivity index (χ0) is 14.0. The third kappa shape index (κ3) is 4.29. The van der Waals surface area contributed by atoms with Gasteiger partial charge in [0.15, 0.2) is 0 Å². The second-order valence-corrected chi connectivity index (χ2v) is 7.47. The zero-order valence-electron chi connectivity index (χ0n) is 12.6. The predicted octanol–water partition coefficient (Wildman–Crippen LogP) is 5.07. The third-order valence-corrected chi connectivity index (χ3v) is 3.31. The Morgan fingerprint density at radius 1 is 1.11 bits per heavy atom. The van der Waals surface area contributed by atoms with Crippen LogP contribution in [-0.2, 0) is 0 Å². The number of benzene rings is 1. The molecule has 0 heterocycles. The van der Waals surface area contributed by atoms with Gasteiger partial charge in [-0.1, -0.05) is 59.7 Å². The maximum absolute atomic E-state index is 10.9. The molecule has 18 heavy (non-hydrogen) atoms. The van der Waals surface area contributed by atoms with Crippen molar-refractivity contribution >= 4 is 6.29 Å². The SMILES string of the molecule is CC(C)(C)CC(c1cccc(C=O)c1)C(C)(C)C. The van der Waals surface area contributed by atoms with E-state index in [0.717, 1.165) is 18.3 Å². The van der Waals surface area contributed by atoms with Gasteiger partial charge in [0.2, 0.25) is 0 Å². The van der Waals surface area contributed by atoms with E-state index in [9.17, 15) is 4.79 Å². The van der Waals surface area contributed by atoms with Crippen molar-refractivity contribution in [1.82, 2.24) is 0 Å². The number of carbonyl (C=O) groups excluding carboxylic acids is 1. The van der Waals surface area contributed by atoms with E-state index in [1.54, 1.807) is 0 Å². The molecular weight excluding hydrogens is 220 g/mol. The summed E-state index contributed by atoms with van der Waals surface area (Å²) in [6.07, 6.45) is 2.05. The Kier molecular flexibility index (Phi) is 4.37. The normalized spacial score (nSPS) is 14.3. The molecule has 0 spiro atoms. The standard InChI is InChI=1S/C17H26O/c1-16(2,3)11-15(17(4,5)6)14-9-7-8-13(10-14)12-18/h7-10,12,15H,11H2,1-6H3. The summed E-state index contributed by atoms with van der Waals surface area (Å²) in [5.41, 5.74) is 2.54. The van der Waals surface area contributed by atoms with E-state index >= 15 is 0 Å². The molecule has 0 fully saturated rings. The predicted molar refractivity (Wildman–Crippen MR) is 78.1 cm³/mol. The van der Waals surface area contributed by atoms with Crippen molar-refractivity contribution in [1.29, 1.82) is 0 Å². The lowest BCUT2D eigenvalue weighted by atomic mass is 9.69. The van der Waals surface area contributed by atoms with Gasteiger partial charge >= 0.3 is 0 Å². The second-order valence-electron chi connectivity index (χ2n) is 7.47. The van der Waals surface area contributed by atoms with E-state index in [4.69, 9.17) is 0 Å². The Hall–Kier alpha value is -1.11. The van der Waals surface area contributed by atoms with Crippen molar-refractivity contribution in [3.8, 4) is 0 Å². The fourth-order valence-electron chi connectivity index (χ4n) is 2.39. The van der Waals surface area contributed by atoms with E-state index in [1.807, 2.05) is 18.2 Å². The average molecular weight is 246 g/mol. The monoisotopic (exact) mass is 246 g/mol. The zero-order valence-corrected chi connectivity index (χ0v) is 12.6. The van der Waals surface area contributed by atoms with Gasteiger partial charge in [0.05, 0.1) is 0 Å². The lowest BCUT2D eigenvalue weighted by molar-refractivity contribution is 0.112. The van der Waals surface area contributed by atoms with Gasteiger partial charge in [-0.3, -0.25) is 4.79 Å². The molecule has 1 heteroatoms. The van der Waals surface area contributed by atoms with Crippen LogP contribution in [0.3, 0.4) is 0 Å². The van der Waals surface area contributed by atoms with Crippen molar-refractivity contribution < 1.29 is 4.79 Å². The van der Waals surface area contributed by atoms with Crippen molar-refractivity contribution in [2.75, 3.05) is 0 Å². The minimum atomic E-state index is 0.203. The van der Waals surface area contributed by atoms with Gasteiger partial charge in [-0.15, -0.1) is 0 Å². The van der Waals surface area contributed by atoms with Crippen LogP contribution in [0.4, 0.5) is 0 Å². The van der Waals surface area contributed by atoms with Crippen molar-refractivity contribution in [3.05, 3.63) is 35.4 Å². The first-order chi connectivity index (χ1) is 8.13. The molecule has 0 N–H and O–H groups in total. The van der Waals surface area contributed by atoms with Crippen LogP contribution in [0.2, 0.25) is 0 Å². The summed E-state index contributed by atoms with van der Waals surface area (Å²) in [6, 6.07) is 8.04. The van der Waals surface area contributed by atoms with Crippen LogP contribution in [0, 0.1) is 10.8 Å². The fraction of sp³-hybridized carbons (Fsp3) is 0.588. The fourth-order valence-corrected chi connectivity index (χ4v) is 2.39. The summed E-state index contributed by atoms with van der Waals surface area (Å²) in [6.45, 7) is 13.6. The number of aldehydes is 1. The number of rotatable bonds is 3. The Morgan fingerprint density at radius 2 is 1.72 bits per heavy atom. The van der Waals surface area contributed by atoms with Crippen LogP contribution in [0.25, 0.3) is 0 Å². The van der Waals surface area contributed by atoms with E-state index in [2.05, 4.69) is 47.6 Å². The number of carbonyl (C=O) groups is 1. The largest absolute Gasteiger partial charge is 0.298 e. The molecule has 0 radical (unpaired) electrons. The molecule has 1 aromatic carbocycles. The Labute approximate surface area is 112 Å². The minimum Gasteiger partial charge on any atom is -0.298 e. The Morgan fingerprint density at radius 3 is 2.17 bits per heavy atom. The summed E-state index contributed by atoms with van der Waals surface area (Å²) in [5.74, 6) is 0.470. The van der Waals surface area contributed by atoms with E-state index < -0.39 is 0 Å². The topological polar surface area (TPSA) is 17.1 Å². The average Bonchev–Trinajstić information content (AvgIpc) is 2.23. The van der Waals surface area contributed by atoms with Gasteiger partial charge in [0.25, 0.3) is 0 Å². The lowest BCUT2D eigenvalue weighted by Crippen LogP contribution is -2.23. The van der Waals surface area contributed by atoms with Gasteiger partial charge in [0.1, 0.15) is 6.29 Å². The molecule has 0 aliphatic heterocycles. The Balaban J connectivity index is 3.13. The molecule has 1 atom stereocenters. The van der Waals surface area contributed by atoms with Crippen LogP contribution >= 0.6 is 0 Å². The molecule has 1 rings (SSSR count). The quantitative estimate of drug-likeness (QED) is 0.681. The second kappa shape index (κ2) is 5.26. The summed E-state index contributed by atoms with van der Waals surface area (Å²) in [5, 5.41) is 0.